The van der Waals surface area contributed by atoms with Crippen LogP contribution in [0.1, 0.15) is 0 Å². The van der Waals surface area contributed by atoms with E-state index in [-0.39, 0.29) is 18.2 Å². The first-order valence-electron chi connectivity index (χ1n) is 5.97. The van der Waals surface area contributed by atoms with Gasteiger partial charge in [-0.05, 0) is 5.46 Å². The fourth-order valence-corrected chi connectivity index (χ4v) is 2.27. The number of aromatic nitrogens is 2. The van der Waals surface area contributed by atoms with Gasteiger partial charge >= 0.3 is 12.7 Å². The van der Waals surface area contributed by atoms with Crippen molar-refractivity contribution in [1.82, 2.24) is 9.13 Å². The zero-order valence-corrected chi connectivity index (χ0v) is 10.7. The predicted molar refractivity (Wildman–Crippen MR) is 76.0 cm³/mol. The van der Waals surface area contributed by atoms with Crippen LogP contribution >= 0.6 is 0 Å². The molecule has 1 aromatic carbocycles. The second kappa shape index (κ2) is 4.05. The van der Waals surface area contributed by atoms with Crippen molar-refractivity contribution in [2.24, 2.45) is 14.1 Å². The number of rotatable bonds is 1. The van der Waals surface area contributed by atoms with E-state index in [0.29, 0.717) is 11.5 Å². The highest BCUT2D eigenvalue weighted by molar-refractivity contribution is 6.80. The maximum absolute atomic E-state index is 12.1. The molecule has 7 heteroatoms. The van der Waals surface area contributed by atoms with Crippen LogP contribution in [0.15, 0.2) is 39.9 Å². The van der Waals surface area contributed by atoms with Crippen LogP contribution in [-0.4, -0.2) is 16.1 Å². The lowest BCUT2D eigenvalue weighted by molar-refractivity contribution is 0.699. The zero-order valence-electron chi connectivity index (χ0n) is 10.7. The molecule has 0 unspecified atom stereocenters. The molecule has 2 aromatic rings. The summed E-state index contributed by atoms with van der Waals surface area (Å²) in [6.45, 7) is -0.197. The Hall–Kier alpha value is -2.44. The van der Waals surface area contributed by atoms with E-state index in [1.54, 1.807) is 7.05 Å². The first-order valence-corrected chi connectivity index (χ1v) is 5.97. The summed E-state index contributed by atoms with van der Waals surface area (Å²) in [6.07, 6.45) is 0. The summed E-state index contributed by atoms with van der Waals surface area (Å²) < 4.78 is 2.54. The Kier molecular flexibility index (Phi) is 2.48. The second-order valence-corrected chi connectivity index (χ2v) is 4.56. The van der Waals surface area contributed by atoms with Crippen LogP contribution in [0.2, 0.25) is 0 Å². The van der Waals surface area contributed by atoms with Crippen molar-refractivity contribution in [2.75, 3.05) is 10.5 Å². The zero-order chi connectivity index (χ0) is 13.6. The molecule has 0 saturated carbocycles. The SMILES string of the molecule is Cn1c2c(c(=O)n(C)c1=O)NB(c1ccccc1)N2. The molecule has 1 aromatic heterocycles. The molecule has 19 heavy (non-hydrogen) atoms. The minimum atomic E-state index is -0.341. The molecule has 2 N–H and O–H groups in total. The van der Waals surface area contributed by atoms with Gasteiger partial charge in [-0.15, -0.1) is 0 Å². The number of anilines is 2. The highest BCUT2D eigenvalue weighted by Crippen LogP contribution is 2.20. The quantitative estimate of drug-likeness (QED) is 0.663. The van der Waals surface area contributed by atoms with Crippen molar-refractivity contribution >= 4 is 24.0 Å². The maximum Gasteiger partial charge on any atom is 0.407 e. The van der Waals surface area contributed by atoms with Gasteiger partial charge in [-0.3, -0.25) is 13.9 Å². The molecular formula is C12H13BN4O2. The van der Waals surface area contributed by atoms with Crippen molar-refractivity contribution in [3.8, 4) is 0 Å². The third-order valence-electron chi connectivity index (χ3n) is 3.37. The Morgan fingerprint density at radius 1 is 1.00 bits per heavy atom. The molecule has 0 saturated heterocycles. The van der Waals surface area contributed by atoms with Gasteiger partial charge in [-0.2, -0.15) is 0 Å². The number of fused-ring (bicyclic) bond motifs is 1. The average molecular weight is 256 g/mol. The Morgan fingerprint density at radius 3 is 2.37 bits per heavy atom. The van der Waals surface area contributed by atoms with E-state index in [2.05, 4.69) is 10.5 Å². The lowest BCUT2D eigenvalue weighted by Crippen LogP contribution is -2.42. The fraction of sp³-hybridized carbons (Fsp3) is 0.167. The van der Waals surface area contributed by atoms with Gasteiger partial charge in [0, 0.05) is 14.1 Å². The van der Waals surface area contributed by atoms with Crippen LogP contribution < -0.4 is 27.2 Å². The molecule has 2 heterocycles. The Labute approximate surface area is 109 Å². The smallest absolute Gasteiger partial charge is 0.398 e. The van der Waals surface area contributed by atoms with E-state index in [1.807, 2.05) is 30.3 Å². The lowest BCUT2D eigenvalue weighted by atomic mass is 9.69. The van der Waals surface area contributed by atoms with Crippen LogP contribution in [-0.2, 0) is 14.1 Å². The van der Waals surface area contributed by atoms with E-state index >= 15 is 0 Å². The topological polar surface area (TPSA) is 68.1 Å². The minimum Gasteiger partial charge on any atom is -0.398 e. The first-order chi connectivity index (χ1) is 9.09. The largest absolute Gasteiger partial charge is 0.407 e. The summed E-state index contributed by atoms with van der Waals surface area (Å²) >= 11 is 0. The predicted octanol–water partition coefficient (Wildman–Crippen LogP) is -0.683. The van der Waals surface area contributed by atoms with Crippen molar-refractivity contribution in [3.05, 3.63) is 51.2 Å². The van der Waals surface area contributed by atoms with E-state index in [0.717, 1.165) is 10.0 Å². The molecule has 0 aliphatic carbocycles. The van der Waals surface area contributed by atoms with E-state index < -0.39 is 0 Å². The first kappa shape index (κ1) is 11.6. The van der Waals surface area contributed by atoms with Gasteiger partial charge < -0.3 is 10.5 Å². The van der Waals surface area contributed by atoms with E-state index in [9.17, 15) is 9.59 Å². The number of benzene rings is 1. The van der Waals surface area contributed by atoms with Crippen LogP contribution in [0.25, 0.3) is 0 Å². The van der Waals surface area contributed by atoms with Gasteiger partial charge in [0.05, 0.1) is 0 Å². The fourth-order valence-electron chi connectivity index (χ4n) is 2.27. The molecule has 96 valence electrons. The Morgan fingerprint density at radius 2 is 1.68 bits per heavy atom. The third-order valence-corrected chi connectivity index (χ3v) is 3.37. The highest BCUT2D eigenvalue weighted by Gasteiger charge is 2.31. The number of nitrogens with zero attached hydrogens (tertiary/aromatic N) is 2. The van der Waals surface area contributed by atoms with Crippen LogP contribution in [0.3, 0.4) is 0 Å². The molecular weight excluding hydrogens is 243 g/mol. The van der Waals surface area contributed by atoms with Crippen LogP contribution in [0.4, 0.5) is 11.5 Å². The monoisotopic (exact) mass is 256 g/mol. The summed E-state index contributed by atoms with van der Waals surface area (Å²) in [7, 11) is 3.12. The van der Waals surface area contributed by atoms with Gasteiger partial charge in [0.1, 0.15) is 11.5 Å². The molecule has 0 atom stereocenters. The van der Waals surface area contributed by atoms with Crippen LogP contribution in [0.5, 0.6) is 0 Å². The van der Waals surface area contributed by atoms with Crippen molar-refractivity contribution in [1.29, 1.82) is 0 Å². The second-order valence-electron chi connectivity index (χ2n) is 4.56. The molecule has 1 aliphatic heterocycles. The summed E-state index contributed by atoms with van der Waals surface area (Å²) in [4.78, 5) is 23.9. The van der Waals surface area contributed by atoms with E-state index in [1.165, 1.54) is 11.6 Å². The number of hydrogen-bond acceptors (Lipinski definition) is 4. The number of hydrogen-bond donors (Lipinski definition) is 2. The Bertz CT molecular complexity index is 751. The molecule has 0 amide bonds. The standard InChI is InChI=1S/C12H13BN4O2/c1-16-10-9(11(18)17(2)12(16)19)14-13(15-10)8-6-4-3-5-7-8/h3-7,14-15H,1-2H3. The minimum absolute atomic E-state index is 0.197. The van der Waals surface area contributed by atoms with E-state index in [4.69, 9.17) is 0 Å². The Balaban J connectivity index is 2.11. The lowest BCUT2D eigenvalue weighted by Gasteiger charge is -2.08. The van der Waals surface area contributed by atoms with Crippen LogP contribution in [0, 0.1) is 0 Å². The summed E-state index contributed by atoms with van der Waals surface area (Å²) in [5, 5.41) is 6.29. The molecule has 0 bridgehead atoms. The molecule has 3 rings (SSSR count). The number of nitrogens with one attached hydrogen (secondary N) is 2. The molecule has 6 nitrogen and oxygen atoms in total. The van der Waals surface area contributed by atoms with Crippen molar-refractivity contribution < 1.29 is 0 Å². The maximum atomic E-state index is 12.1. The molecule has 0 radical (unpaired) electrons. The van der Waals surface area contributed by atoms with Gasteiger partial charge in [0.25, 0.3) is 5.56 Å². The van der Waals surface area contributed by atoms with Crippen molar-refractivity contribution in [2.45, 2.75) is 0 Å². The van der Waals surface area contributed by atoms with Gasteiger partial charge in [0.2, 0.25) is 0 Å². The van der Waals surface area contributed by atoms with Gasteiger partial charge in [0.15, 0.2) is 0 Å². The third kappa shape index (κ3) is 1.66. The molecule has 0 spiro atoms. The normalized spacial score (nSPS) is 12.8. The summed E-state index contributed by atoms with van der Waals surface area (Å²) in [5.41, 5.74) is 0.780. The average Bonchev–Trinajstić information content (AvgIpc) is 2.89. The highest BCUT2D eigenvalue weighted by atomic mass is 16.2. The molecule has 0 fully saturated rings. The summed E-state index contributed by atoms with van der Waals surface area (Å²) in [6, 6.07) is 9.70. The van der Waals surface area contributed by atoms with Crippen molar-refractivity contribution in [3.63, 3.8) is 0 Å². The van der Waals surface area contributed by atoms with Gasteiger partial charge in [-0.25, -0.2) is 4.79 Å². The van der Waals surface area contributed by atoms with Gasteiger partial charge in [-0.1, -0.05) is 30.3 Å². The molecule has 1 aliphatic rings. The summed E-state index contributed by atoms with van der Waals surface area (Å²) in [5.74, 6) is 0.530.